The van der Waals surface area contributed by atoms with Crippen LogP contribution in [0.15, 0.2) is 48.5 Å². The Balaban J connectivity index is 1.49. The highest BCUT2D eigenvalue weighted by Gasteiger charge is 2.40. The Morgan fingerprint density at radius 3 is 2.24 bits per heavy atom. The molecule has 49 heavy (non-hydrogen) atoms. The third kappa shape index (κ3) is 9.86. The maximum atomic E-state index is 13.1. The number of esters is 1. The van der Waals surface area contributed by atoms with Crippen molar-refractivity contribution in [3.8, 4) is 23.0 Å². The molecule has 1 aliphatic heterocycles. The number of cyclic esters (lactones) is 1. The molecule has 4 rings (SSSR count). The first kappa shape index (κ1) is 37.0. The number of carbonyl (C=O) groups is 3. The maximum Gasteiger partial charge on any atom is 0.414 e. The van der Waals surface area contributed by atoms with Crippen LogP contribution < -0.4 is 24.4 Å². The van der Waals surface area contributed by atoms with Gasteiger partial charge in [-0.2, -0.15) is 0 Å². The van der Waals surface area contributed by atoms with Crippen LogP contribution in [0.5, 0.6) is 23.0 Å². The third-order valence-corrected chi connectivity index (χ3v) is 7.55. The Labute approximate surface area is 287 Å². The molecule has 12 heteroatoms. The van der Waals surface area contributed by atoms with Crippen LogP contribution in [0.3, 0.4) is 0 Å². The van der Waals surface area contributed by atoms with Gasteiger partial charge in [-0.1, -0.05) is 12.1 Å². The van der Waals surface area contributed by atoms with Gasteiger partial charge in [0.25, 0.3) is 5.91 Å². The van der Waals surface area contributed by atoms with Gasteiger partial charge >= 0.3 is 12.1 Å². The number of aryl methyl sites for hydroxylation is 1. The number of anilines is 2. The summed E-state index contributed by atoms with van der Waals surface area (Å²) < 4.78 is 39.3. The van der Waals surface area contributed by atoms with Crippen LogP contribution in [0.4, 0.5) is 16.2 Å². The third-order valence-electron chi connectivity index (χ3n) is 7.55. The van der Waals surface area contributed by atoms with Gasteiger partial charge in [0.05, 0.1) is 11.4 Å². The Hall–Kier alpha value is -4.81. The number of ether oxygens (including phenoxy) is 7. The van der Waals surface area contributed by atoms with Crippen molar-refractivity contribution in [1.82, 2.24) is 0 Å². The zero-order chi connectivity index (χ0) is 36.1. The fraction of sp³-hybridized carbons (Fsp3) is 0.432. The molecule has 1 fully saturated rings. The molecule has 1 unspecified atom stereocenters. The molecule has 1 N–H and O–H groups in total. The topological polar surface area (TPSA) is 131 Å². The van der Waals surface area contributed by atoms with E-state index in [0.717, 1.165) is 28.0 Å². The van der Waals surface area contributed by atoms with Crippen LogP contribution in [0.25, 0.3) is 0 Å². The number of carbonyl (C=O) groups excluding carboxylic acids is 3. The molecule has 0 aliphatic carbocycles. The number of methoxy groups -OCH3 is 1. The molecule has 1 heterocycles. The monoisotopic (exact) mass is 678 g/mol. The van der Waals surface area contributed by atoms with E-state index >= 15 is 0 Å². The minimum atomic E-state index is -0.948. The van der Waals surface area contributed by atoms with Gasteiger partial charge in [-0.3, -0.25) is 9.69 Å². The van der Waals surface area contributed by atoms with Crippen LogP contribution in [0.1, 0.15) is 56.9 Å². The van der Waals surface area contributed by atoms with E-state index in [-0.39, 0.29) is 13.4 Å². The van der Waals surface area contributed by atoms with Crippen LogP contribution in [-0.4, -0.2) is 63.0 Å². The molecule has 1 saturated heterocycles. The Kier molecular flexibility index (Phi) is 11.5. The van der Waals surface area contributed by atoms with E-state index < -0.39 is 35.5 Å². The molecule has 264 valence electrons. The van der Waals surface area contributed by atoms with Gasteiger partial charge in [0.2, 0.25) is 5.79 Å². The maximum absolute atomic E-state index is 13.1. The van der Waals surface area contributed by atoms with Gasteiger partial charge in [-0.15, -0.1) is 0 Å². The SMILES string of the molecule is COCOc1c(C)cc(Oc2ccc(NC(=O)COc3ccc(CC4OC(C)(C)OC4=O)cc3)c(N(C)C(=O)OC(C)(C)C)c2)c(C)c1C. The van der Waals surface area contributed by atoms with Gasteiger partial charge in [-0.05, 0) is 94.1 Å². The first-order chi connectivity index (χ1) is 23.0. The van der Waals surface area contributed by atoms with Crippen molar-refractivity contribution in [2.24, 2.45) is 0 Å². The molecule has 12 nitrogen and oxygen atoms in total. The van der Waals surface area contributed by atoms with E-state index in [1.54, 1.807) is 91.2 Å². The fourth-order valence-electron chi connectivity index (χ4n) is 5.10. The molecule has 3 aromatic rings. The van der Waals surface area contributed by atoms with E-state index in [4.69, 9.17) is 33.2 Å². The number of nitrogens with zero attached hydrogens (tertiary/aromatic N) is 1. The van der Waals surface area contributed by atoms with Crippen LogP contribution in [-0.2, 0) is 35.0 Å². The number of amides is 2. The summed E-state index contributed by atoms with van der Waals surface area (Å²) in [5.41, 5.74) is 3.47. The van der Waals surface area contributed by atoms with Gasteiger partial charge in [0.15, 0.2) is 19.5 Å². The molecule has 1 aliphatic rings. The molecule has 0 aromatic heterocycles. The molecular weight excluding hydrogens is 632 g/mol. The van der Waals surface area contributed by atoms with Crippen molar-refractivity contribution >= 4 is 29.3 Å². The lowest BCUT2D eigenvalue weighted by atomic mass is 10.0. The summed E-state index contributed by atoms with van der Waals surface area (Å²) >= 11 is 0. The van der Waals surface area contributed by atoms with Crippen molar-refractivity contribution in [3.05, 3.63) is 70.8 Å². The minimum absolute atomic E-state index is 0.125. The van der Waals surface area contributed by atoms with Crippen molar-refractivity contribution in [3.63, 3.8) is 0 Å². The first-order valence-electron chi connectivity index (χ1n) is 15.9. The van der Waals surface area contributed by atoms with Crippen LogP contribution in [0.2, 0.25) is 0 Å². The fourth-order valence-corrected chi connectivity index (χ4v) is 5.10. The van der Waals surface area contributed by atoms with E-state index in [0.29, 0.717) is 35.0 Å². The predicted molar refractivity (Wildman–Crippen MR) is 184 cm³/mol. The summed E-state index contributed by atoms with van der Waals surface area (Å²) in [4.78, 5) is 39.5. The molecular formula is C37H46N2O10. The zero-order valence-corrected chi connectivity index (χ0v) is 29.8. The summed E-state index contributed by atoms with van der Waals surface area (Å²) in [5, 5.41) is 2.83. The Morgan fingerprint density at radius 1 is 0.959 bits per heavy atom. The predicted octanol–water partition coefficient (Wildman–Crippen LogP) is 7.00. The summed E-state index contributed by atoms with van der Waals surface area (Å²) in [6.45, 7) is 14.3. The Morgan fingerprint density at radius 2 is 1.63 bits per heavy atom. The summed E-state index contributed by atoms with van der Waals surface area (Å²) in [5.74, 6) is 0.437. The van der Waals surface area contributed by atoms with E-state index in [1.165, 1.54) is 4.90 Å². The average Bonchev–Trinajstić information content (AvgIpc) is 3.28. The van der Waals surface area contributed by atoms with Gasteiger partial charge < -0.3 is 38.5 Å². The molecule has 0 saturated carbocycles. The number of rotatable bonds is 12. The summed E-state index contributed by atoms with van der Waals surface area (Å²) in [6.07, 6.45) is -0.946. The lowest BCUT2D eigenvalue weighted by Crippen LogP contribution is -2.34. The standard InChI is InChI=1S/C37H46N2O10/c1-22-17-30(23(2)24(3)33(22)45-21-43-10)46-27-15-16-28(29(19-27)39(9)35(42)49-36(4,5)6)38-32(40)20-44-26-13-11-25(12-14-26)18-31-34(41)48-37(7,8)47-31/h11-17,19,31H,18,20-21H2,1-10H3,(H,38,40). The van der Waals surface area contributed by atoms with Gasteiger partial charge in [0.1, 0.15) is 28.6 Å². The summed E-state index contributed by atoms with van der Waals surface area (Å²) in [7, 11) is 3.12. The second-order valence-electron chi connectivity index (χ2n) is 13.3. The smallest absolute Gasteiger partial charge is 0.414 e. The van der Waals surface area contributed by atoms with E-state index in [9.17, 15) is 14.4 Å². The normalized spacial score (nSPS) is 15.3. The zero-order valence-electron chi connectivity index (χ0n) is 29.8. The van der Waals surface area contributed by atoms with Crippen molar-refractivity contribution in [2.75, 3.05) is 37.8 Å². The molecule has 0 bridgehead atoms. The highest BCUT2D eigenvalue weighted by atomic mass is 16.8. The first-order valence-corrected chi connectivity index (χ1v) is 15.9. The van der Waals surface area contributed by atoms with Crippen LogP contribution >= 0.6 is 0 Å². The van der Waals surface area contributed by atoms with Crippen LogP contribution in [0, 0.1) is 20.8 Å². The van der Waals surface area contributed by atoms with Gasteiger partial charge in [-0.25, -0.2) is 9.59 Å². The lowest BCUT2D eigenvalue weighted by Gasteiger charge is -2.26. The second kappa shape index (κ2) is 15.2. The number of hydrogen-bond donors (Lipinski definition) is 1. The highest BCUT2D eigenvalue weighted by molar-refractivity contribution is 5.99. The molecule has 0 radical (unpaired) electrons. The van der Waals surface area contributed by atoms with Crippen molar-refractivity contribution < 1.29 is 47.5 Å². The average molecular weight is 679 g/mol. The molecule has 2 amide bonds. The van der Waals surface area contributed by atoms with E-state index in [2.05, 4.69) is 5.32 Å². The lowest BCUT2D eigenvalue weighted by molar-refractivity contribution is -0.160. The number of nitrogens with one attached hydrogen (secondary N) is 1. The quantitative estimate of drug-likeness (QED) is 0.158. The van der Waals surface area contributed by atoms with Gasteiger partial charge in [0, 0.05) is 40.5 Å². The summed E-state index contributed by atoms with van der Waals surface area (Å²) in [6, 6.07) is 13.9. The molecule has 1 atom stereocenters. The Bertz CT molecular complexity index is 1680. The second-order valence-corrected chi connectivity index (χ2v) is 13.3. The van der Waals surface area contributed by atoms with E-state index in [1.807, 2.05) is 26.8 Å². The highest BCUT2D eigenvalue weighted by Crippen LogP contribution is 2.38. The van der Waals surface area contributed by atoms with Crippen molar-refractivity contribution in [2.45, 2.75) is 79.3 Å². The largest absolute Gasteiger partial charge is 0.484 e. The minimum Gasteiger partial charge on any atom is -0.484 e. The number of hydrogen-bond acceptors (Lipinski definition) is 10. The van der Waals surface area contributed by atoms with Crippen molar-refractivity contribution in [1.29, 1.82) is 0 Å². The molecule has 3 aromatic carbocycles. The molecule has 0 spiro atoms. The number of benzene rings is 3.